The lowest BCUT2D eigenvalue weighted by atomic mass is 10.0. The number of nitrogens with zero attached hydrogens (tertiary/aromatic N) is 3. The van der Waals surface area contributed by atoms with Crippen molar-refractivity contribution in [3.8, 4) is 0 Å². The molecule has 0 aliphatic rings. The lowest BCUT2D eigenvalue weighted by Crippen LogP contribution is -2.32. The van der Waals surface area contributed by atoms with Gasteiger partial charge in [0.15, 0.2) is 5.82 Å². The maximum atomic E-state index is 5.89. The van der Waals surface area contributed by atoms with Crippen LogP contribution in [0.1, 0.15) is 32.0 Å². The van der Waals surface area contributed by atoms with Crippen molar-refractivity contribution in [1.29, 1.82) is 0 Å². The molecule has 92 valence electrons. The van der Waals surface area contributed by atoms with Gasteiger partial charge in [0.05, 0.1) is 0 Å². The summed E-state index contributed by atoms with van der Waals surface area (Å²) in [5.74, 6) is 1.46. The number of aryl methyl sites for hydroxylation is 1. The van der Waals surface area contributed by atoms with E-state index < -0.39 is 0 Å². The van der Waals surface area contributed by atoms with Gasteiger partial charge in [0, 0.05) is 24.9 Å². The Kier molecular flexibility index (Phi) is 4.44. The van der Waals surface area contributed by atoms with Gasteiger partial charge in [0.25, 0.3) is 0 Å². The quantitative estimate of drug-likeness (QED) is 0.778. The lowest BCUT2D eigenvalue weighted by Gasteiger charge is -2.16. The highest BCUT2D eigenvalue weighted by Gasteiger charge is 2.13. The molecule has 0 bridgehead atoms. The van der Waals surface area contributed by atoms with Crippen molar-refractivity contribution in [2.24, 2.45) is 5.73 Å². The second-order valence-electron chi connectivity index (χ2n) is 5.15. The Balaban J connectivity index is 2.39. The van der Waals surface area contributed by atoms with Gasteiger partial charge >= 0.3 is 0 Å². The molecule has 1 heterocycles. The Morgan fingerprint density at radius 2 is 2.00 bits per heavy atom. The molecule has 0 saturated carbocycles. The topological polar surface area (TPSA) is 68.2 Å². The Hall–Kier alpha value is -0.940. The van der Waals surface area contributed by atoms with Crippen molar-refractivity contribution in [2.75, 3.05) is 20.6 Å². The van der Waals surface area contributed by atoms with Crippen molar-refractivity contribution >= 4 is 0 Å². The van der Waals surface area contributed by atoms with E-state index in [1.807, 2.05) is 27.9 Å². The first-order valence-corrected chi connectivity index (χ1v) is 5.62. The molecule has 0 fully saturated rings. The van der Waals surface area contributed by atoms with Gasteiger partial charge in [-0.15, -0.1) is 0 Å². The standard InChI is InChI=1S/C11H22N4O/c1-11(2,12)7-5-10-13-9(14-16-10)6-8-15(3)4/h5-8,12H2,1-4H3. The molecule has 0 amide bonds. The number of nitrogens with two attached hydrogens (primary N) is 1. The monoisotopic (exact) mass is 226 g/mol. The lowest BCUT2D eigenvalue weighted by molar-refractivity contribution is 0.350. The van der Waals surface area contributed by atoms with E-state index in [4.69, 9.17) is 10.3 Å². The second-order valence-corrected chi connectivity index (χ2v) is 5.15. The second kappa shape index (κ2) is 5.41. The molecule has 2 N–H and O–H groups in total. The molecule has 16 heavy (non-hydrogen) atoms. The first kappa shape index (κ1) is 13.1. The third-order valence-electron chi connectivity index (χ3n) is 2.28. The minimum absolute atomic E-state index is 0.182. The fourth-order valence-corrected chi connectivity index (χ4v) is 1.25. The largest absolute Gasteiger partial charge is 0.339 e. The highest BCUT2D eigenvalue weighted by atomic mass is 16.5. The van der Waals surface area contributed by atoms with Crippen molar-refractivity contribution in [1.82, 2.24) is 15.0 Å². The summed E-state index contributed by atoms with van der Waals surface area (Å²) in [6, 6.07) is 0. The van der Waals surface area contributed by atoms with Crippen LogP contribution in [0.15, 0.2) is 4.52 Å². The summed E-state index contributed by atoms with van der Waals surface area (Å²) in [7, 11) is 4.05. The first-order valence-electron chi connectivity index (χ1n) is 5.62. The average Bonchev–Trinajstić information content (AvgIpc) is 2.58. The summed E-state index contributed by atoms with van der Waals surface area (Å²) in [6.07, 6.45) is 2.42. The Morgan fingerprint density at radius 3 is 2.56 bits per heavy atom. The molecule has 0 aliphatic carbocycles. The van der Waals surface area contributed by atoms with Crippen LogP contribution in [0.3, 0.4) is 0 Å². The number of rotatable bonds is 6. The van der Waals surface area contributed by atoms with E-state index in [2.05, 4.69) is 15.0 Å². The van der Waals surface area contributed by atoms with E-state index in [0.717, 1.165) is 31.6 Å². The van der Waals surface area contributed by atoms with E-state index in [0.29, 0.717) is 5.89 Å². The van der Waals surface area contributed by atoms with E-state index in [9.17, 15) is 0 Å². The summed E-state index contributed by atoms with van der Waals surface area (Å²) in [4.78, 5) is 6.42. The zero-order chi connectivity index (χ0) is 12.2. The molecule has 1 rings (SSSR count). The average molecular weight is 226 g/mol. The summed E-state index contributed by atoms with van der Waals surface area (Å²) >= 11 is 0. The molecular weight excluding hydrogens is 204 g/mol. The molecule has 0 saturated heterocycles. The normalized spacial score (nSPS) is 12.4. The molecule has 0 spiro atoms. The zero-order valence-corrected chi connectivity index (χ0v) is 10.7. The Labute approximate surface area is 97.0 Å². The van der Waals surface area contributed by atoms with Gasteiger partial charge in [0.2, 0.25) is 5.89 Å². The highest BCUT2D eigenvalue weighted by molar-refractivity contribution is 4.89. The van der Waals surface area contributed by atoms with Crippen LogP contribution in [-0.4, -0.2) is 41.2 Å². The van der Waals surface area contributed by atoms with Gasteiger partial charge in [-0.2, -0.15) is 4.98 Å². The first-order chi connectivity index (χ1) is 7.37. The van der Waals surface area contributed by atoms with Crippen molar-refractivity contribution < 1.29 is 4.52 Å². The zero-order valence-electron chi connectivity index (χ0n) is 10.7. The molecule has 1 aromatic rings. The number of hydrogen-bond acceptors (Lipinski definition) is 5. The van der Waals surface area contributed by atoms with Crippen molar-refractivity contribution in [3.63, 3.8) is 0 Å². The SMILES string of the molecule is CN(C)CCc1noc(CCC(C)(C)N)n1. The van der Waals surface area contributed by atoms with Crippen LogP contribution in [-0.2, 0) is 12.8 Å². The smallest absolute Gasteiger partial charge is 0.226 e. The maximum absolute atomic E-state index is 5.89. The molecule has 0 unspecified atom stereocenters. The Morgan fingerprint density at radius 1 is 1.31 bits per heavy atom. The molecule has 5 nitrogen and oxygen atoms in total. The molecular formula is C11H22N4O. The molecule has 5 heteroatoms. The summed E-state index contributed by atoms with van der Waals surface area (Å²) in [5, 5.41) is 3.94. The third kappa shape index (κ3) is 5.23. The summed E-state index contributed by atoms with van der Waals surface area (Å²) in [6.45, 7) is 4.92. The van der Waals surface area contributed by atoms with Crippen LogP contribution in [0.25, 0.3) is 0 Å². The molecule has 0 aromatic carbocycles. The minimum Gasteiger partial charge on any atom is -0.339 e. The molecule has 0 radical (unpaired) electrons. The van der Waals surface area contributed by atoms with Crippen LogP contribution in [0.4, 0.5) is 0 Å². The van der Waals surface area contributed by atoms with Gasteiger partial charge in [-0.1, -0.05) is 5.16 Å². The van der Waals surface area contributed by atoms with E-state index >= 15 is 0 Å². The van der Waals surface area contributed by atoms with E-state index in [1.54, 1.807) is 0 Å². The number of aromatic nitrogens is 2. The third-order valence-corrected chi connectivity index (χ3v) is 2.28. The van der Waals surface area contributed by atoms with E-state index in [1.165, 1.54) is 0 Å². The fraction of sp³-hybridized carbons (Fsp3) is 0.818. The van der Waals surface area contributed by atoms with Gasteiger partial charge in [0.1, 0.15) is 0 Å². The van der Waals surface area contributed by atoms with Crippen LogP contribution < -0.4 is 5.73 Å². The number of hydrogen-bond donors (Lipinski definition) is 1. The Bertz CT molecular complexity index is 314. The van der Waals surface area contributed by atoms with Crippen LogP contribution >= 0.6 is 0 Å². The fourth-order valence-electron chi connectivity index (χ4n) is 1.25. The van der Waals surface area contributed by atoms with Gasteiger partial charge < -0.3 is 15.2 Å². The minimum atomic E-state index is -0.182. The van der Waals surface area contributed by atoms with Gasteiger partial charge in [-0.25, -0.2) is 0 Å². The van der Waals surface area contributed by atoms with Crippen LogP contribution in [0, 0.1) is 0 Å². The van der Waals surface area contributed by atoms with Crippen LogP contribution in [0.5, 0.6) is 0 Å². The molecule has 1 aromatic heterocycles. The number of likely N-dealkylation sites (N-methyl/N-ethyl adjacent to an activating group) is 1. The van der Waals surface area contributed by atoms with Gasteiger partial charge in [-0.05, 0) is 34.4 Å². The predicted octanol–water partition coefficient (Wildman–Crippen LogP) is 0.844. The molecule has 0 aliphatic heterocycles. The predicted molar refractivity (Wildman–Crippen MR) is 63.1 cm³/mol. The maximum Gasteiger partial charge on any atom is 0.226 e. The summed E-state index contributed by atoms with van der Waals surface area (Å²) < 4.78 is 5.16. The van der Waals surface area contributed by atoms with Crippen molar-refractivity contribution in [2.45, 2.75) is 38.6 Å². The van der Waals surface area contributed by atoms with Crippen LogP contribution in [0.2, 0.25) is 0 Å². The van der Waals surface area contributed by atoms with Crippen molar-refractivity contribution in [3.05, 3.63) is 11.7 Å². The highest BCUT2D eigenvalue weighted by Crippen LogP contribution is 2.09. The van der Waals surface area contributed by atoms with Gasteiger partial charge in [-0.3, -0.25) is 0 Å². The molecule has 0 atom stereocenters. The van der Waals surface area contributed by atoms with E-state index in [-0.39, 0.29) is 5.54 Å². The summed E-state index contributed by atoms with van der Waals surface area (Å²) in [5.41, 5.74) is 5.71.